The lowest BCUT2D eigenvalue weighted by molar-refractivity contribution is -0.138. The van der Waals surface area contributed by atoms with Crippen molar-refractivity contribution in [2.24, 2.45) is 17.8 Å². The number of ether oxygens (including phenoxy) is 3. The van der Waals surface area contributed by atoms with Crippen LogP contribution in [0.4, 0.5) is 17.1 Å². The van der Waals surface area contributed by atoms with Crippen LogP contribution in [0.15, 0.2) is 91.0 Å². The molecule has 3 N–H and O–H groups in total. The van der Waals surface area contributed by atoms with E-state index in [2.05, 4.69) is 16.0 Å². The van der Waals surface area contributed by atoms with Gasteiger partial charge < -0.3 is 30.2 Å². The van der Waals surface area contributed by atoms with E-state index >= 15 is 0 Å². The zero-order valence-corrected chi connectivity index (χ0v) is 29.1. The summed E-state index contributed by atoms with van der Waals surface area (Å²) >= 11 is 0. The first-order valence-corrected chi connectivity index (χ1v) is 16.2. The van der Waals surface area contributed by atoms with Crippen LogP contribution >= 0.6 is 0 Å². The summed E-state index contributed by atoms with van der Waals surface area (Å²) in [5, 5.41) is 8.20. The van der Waals surface area contributed by atoms with E-state index in [1.807, 2.05) is 0 Å². The Morgan fingerprint density at radius 3 is 1.02 bits per heavy atom. The summed E-state index contributed by atoms with van der Waals surface area (Å²) in [6, 6.07) is 22.5. The summed E-state index contributed by atoms with van der Waals surface area (Å²) in [7, 11) is 0. The smallest absolute Gasteiger partial charge is 0.313 e. The molecule has 4 rings (SSSR count). The van der Waals surface area contributed by atoms with Crippen LogP contribution in [0.25, 0.3) is 0 Å². The van der Waals surface area contributed by atoms with Crippen LogP contribution in [0.5, 0.6) is 17.2 Å². The molecule has 3 amide bonds. The van der Waals surface area contributed by atoms with E-state index in [1.54, 1.807) is 65.8 Å². The number of anilines is 3. The molecular weight excluding hydrogens is 654 g/mol. The van der Waals surface area contributed by atoms with Crippen molar-refractivity contribution in [2.75, 3.05) is 16.0 Å². The van der Waals surface area contributed by atoms with Crippen molar-refractivity contribution in [3.8, 4) is 17.2 Å². The van der Waals surface area contributed by atoms with Crippen LogP contribution in [0.1, 0.15) is 72.6 Å². The molecule has 0 aromatic heterocycles. The fourth-order valence-corrected chi connectivity index (χ4v) is 4.16. The Labute approximate surface area is 295 Å². The number of benzene rings is 4. The minimum absolute atomic E-state index is 0.0557. The van der Waals surface area contributed by atoms with E-state index in [-0.39, 0.29) is 45.9 Å². The monoisotopic (exact) mass is 693 g/mol. The number of hydrogen-bond donors (Lipinski definition) is 3. The van der Waals surface area contributed by atoms with Gasteiger partial charge in [0.05, 0.1) is 17.8 Å². The highest BCUT2D eigenvalue weighted by atomic mass is 16.5. The van der Waals surface area contributed by atoms with Gasteiger partial charge >= 0.3 is 17.9 Å². The van der Waals surface area contributed by atoms with Crippen LogP contribution in [-0.4, -0.2) is 35.6 Å². The van der Waals surface area contributed by atoms with E-state index in [4.69, 9.17) is 14.2 Å². The highest BCUT2D eigenvalue weighted by molar-refractivity contribution is 6.11. The molecular formula is C39H39N3O9. The molecule has 0 aliphatic rings. The Kier molecular flexibility index (Phi) is 12.4. The van der Waals surface area contributed by atoms with Gasteiger partial charge in [-0.15, -0.1) is 0 Å². The fourth-order valence-electron chi connectivity index (χ4n) is 4.16. The quantitative estimate of drug-likeness (QED) is 0.103. The number of hydrogen-bond acceptors (Lipinski definition) is 9. The van der Waals surface area contributed by atoms with Gasteiger partial charge in [-0.2, -0.15) is 0 Å². The second-order valence-electron chi connectivity index (χ2n) is 12.5. The molecule has 4 aromatic carbocycles. The lowest BCUT2D eigenvalue weighted by atomic mass is 10.1. The van der Waals surface area contributed by atoms with Gasteiger partial charge in [0.2, 0.25) is 0 Å². The minimum Gasteiger partial charge on any atom is -0.426 e. The first-order chi connectivity index (χ1) is 24.2. The molecule has 0 radical (unpaired) electrons. The van der Waals surface area contributed by atoms with E-state index in [0.29, 0.717) is 22.9 Å². The zero-order chi connectivity index (χ0) is 37.2. The van der Waals surface area contributed by atoms with E-state index in [0.717, 1.165) is 0 Å². The van der Waals surface area contributed by atoms with Gasteiger partial charge in [-0.25, -0.2) is 0 Å². The topological polar surface area (TPSA) is 166 Å². The molecule has 0 fully saturated rings. The Balaban J connectivity index is 1.56. The van der Waals surface area contributed by atoms with Crippen LogP contribution < -0.4 is 30.2 Å². The van der Waals surface area contributed by atoms with Gasteiger partial charge in [0, 0.05) is 33.8 Å². The van der Waals surface area contributed by atoms with Crippen LogP contribution in [-0.2, 0) is 14.4 Å². The molecule has 0 saturated carbocycles. The number of carbonyl (C=O) groups excluding carboxylic acids is 6. The molecule has 264 valence electrons. The summed E-state index contributed by atoms with van der Waals surface area (Å²) in [4.78, 5) is 75.8. The largest absolute Gasteiger partial charge is 0.426 e. The summed E-state index contributed by atoms with van der Waals surface area (Å²) < 4.78 is 15.8. The second kappa shape index (κ2) is 16.9. The second-order valence-corrected chi connectivity index (χ2v) is 12.5. The number of amides is 3. The fraction of sp³-hybridized carbons (Fsp3) is 0.231. The molecule has 12 nitrogen and oxygen atoms in total. The van der Waals surface area contributed by atoms with Gasteiger partial charge in [0.15, 0.2) is 0 Å². The Morgan fingerprint density at radius 2 is 0.686 bits per heavy atom. The highest BCUT2D eigenvalue weighted by Crippen LogP contribution is 2.23. The minimum atomic E-state index is -0.584. The van der Waals surface area contributed by atoms with E-state index in [9.17, 15) is 28.8 Å². The molecule has 0 atom stereocenters. The SMILES string of the molecule is CC(C)C(=O)Oc1ccc(NC(=O)c2cc(NC(=O)c3ccc(OC(=O)C(C)C)cc3)cc(C(=O)Nc3ccc(OC(=O)C(C)C)cc3)c2)cc1. The summed E-state index contributed by atoms with van der Waals surface area (Å²) in [5.41, 5.74) is 1.28. The predicted octanol–water partition coefficient (Wildman–Crippen LogP) is 7.13. The van der Waals surface area contributed by atoms with Gasteiger partial charge in [-0.1, -0.05) is 41.5 Å². The van der Waals surface area contributed by atoms with Crippen molar-refractivity contribution in [1.82, 2.24) is 0 Å². The number of esters is 3. The lowest BCUT2D eigenvalue weighted by Gasteiger charge is -2.13. The maximum absolute atomic E-state index is 13.4. The van der Waals surface area contributed by atoms with Crippen molar-refractivity contribution in [2.45, 2.75) is 41.5 Å². The summed E-state index contributed by atoms with van der Waals surface area (Å²) in [6.07, 6.45) is 0. The third kappa shape index (κ3) is 10.8. The van der Waals surface area contributed by atoms with Crippen LogP contribution in [0.3, 0.4) is 0 Å². The van der Waals surface area contributed by atoms with E-state index in [1.165, 1.54) is 66.7 Å². The maximum atomic E-state index is 13.4. The molecule has 0 heterocycles. The van der Waals surface area contributed by atoms with Gasteiger partial charge in [0.1, 0.15) is 17.2 Å². The molecule has 4 aromatic rings. The first kappa shape index (κ1) is 37.5. The normalized spacial score (nSPS) is 10.8. The van der Waals surface area contributed by atoms with Gasteiger partial charge in [-0.3, -0.25) is 28.8 Å². The van der Waals surface area contributed by atoms with Crippen molar-refractivity contribution >= 4 is 52.7 Å². The molecule has 0 spiro atoms. The highest BCUT2D eigenvalue weighted by Gasteiger charge is 2.18. The summed E-state index contributed by atoms with van der Waals surface area (Å²) in [5.74, 6) is -2.97. The molecule has 0 unspecified atom stereocenters. The van der Waals surface area contributed by atoms with Gasteiger partial charge in [0.25, 0.3) is 17.7 Å². The summed E-state index contributed by atoms with van der Waals surface area (Å²) in [6.45, 7) is 10.3. The lowest BCUT2D eigenvalue weighted by Crippen LogP contribution is -2.18. The standard InChI is InChI=1S/C39H39N3O9/c1-22(2)37(46)49-31-13-7-25(8-14-31)34(43)42-30-20-26(35(44)40-28-9-15-32(16-10-28)50-38(47)23(3)4)19-27(21-30)36(45)41-29-11-17-33(18-12-29)51-39(48)24(5)6/h7-24H,1-6H3,(H,40,44)(H,41,45)(H,42,43). The van der Waals surface area contributed by atoms with Crippen molar-refractivity contribution in [3.63, 3.8) is 0 Å². The average Bonchev–Trinajstić information content (AvgIpc) is 3.09. The average molecular weight is 694 g/mol. The molecule has 0 bridgehead atoms. The van der Waals surface area contributed by atoms with Crippen molar-refractivity contribution < 1.29 is 43.0 Å². The van der Waals surface area contributed by atoms with Crippen LogP contribution in [0, 0.1) is 17.8 Å². The van der Waals surface area contributed by atoms with Crippen molar-refractivity contribution in [3.05, 3.63) is 108 Å². The Hall–Kier alpha value is -6.30. The maximum Gasteiger partial charge on any atom is 0.313 e. The molecule has 0 aliphatic heterocycles. The molecule has 51 heavy (non-hydrogen) atoms. The van der Waals surface area contributed by atoms with E-state index < -0.39 is 35.6 Å². The van der Waals surface area contributed by atoms with Crippen molar-refractivity contribution in [1.29, 1.82) is 0 Å². The Bertz CT molecular complexity index is 1820. The van der Waals surface area contributed by atoms with Gasteiger partial charge in [-0.05, 0) is 91.0 Å². The number of carbonyl (C=O) groups is 6. The number of rotatable bonds is 12. The number of nitrogens with one attached hydrogen (secondary N) is 3. The first-order valence-electron chi connectivity index (χ1n) is 16.2. The molecule has 0 saturated heterocycles. The Morgan fingerprint density at radius 1 is 0.392 bits per heavy atom. The molecule has 0 aliphatic carbocycles. The van der Waals surface area contributed by atoms with Crippen LogP contribution in [0.2, 0.25) is 0 Å². The predicted molar refractivity (Wildman–Crippen MR) is 191 cm³/mol. The third-order valence-electron chi connectivity index (χ3n) is 7.13. The molecule has 12 heteroatoms. The third-order valence-corrected chi connectivity index (χ3v) is 7.13. The zero-order valence-electron chi connectivity index (χ0n) is 29.1.